The van der Waals surface area contributed by atoms with Crippen LogP contribution in [0.3, 0.4) is 0 Å². The van der Waals surface area contributed by atoms with Crippen molar-refractivity contribution in [2.24, 2.45) is 0 Å². The van der Waals surface area contributed by atoms with E-state index < -0.39 is 0 Å². The zero-order valence-corrected chi connectivity index (χ0v) is 9.80. The van der Waals surface area contributed by atoms with E-state index in [2.05, 4.69) is 10.2 Å². The van der Waals surface area contributed by atoms with Crippen molar-refractivity contribution in [3.63, 3.8) is 0 Å². The first-order chi connectivity index (χ1) is 7.63. The Morgan fingerprint density at radius 3 is 2.69 bits per heavy atom. The Morgan fingerprint density at radius 1 is 1.38 bits per heavy atom. The Kier molecular flexibility index (Phi) is 2.75. The van der Waals surface area contributed by atoms with Gasteiger partial charge in [0.1, 0.15) is 11.6 Å². The summed E-state index contributed by atoms with van der Waals surface area (Å²) < 4.78 is 5.35. The summed E-state index contributed by atoms with van der Waals surface area (Å²) in [6, 6.07) is 3.66. The fourth-order valence-corrected chi connectivity index (χ4v) is 1.98. The predicted octanol–water partition coefficient (Wildman–Crippen LogP) is 2.63. The van der Waals surface area contributed by atoms with Gasteiger partial charge in [0.15, 0.2) is 0 Å². The number of methoxy groups -OCH3 is 1. The van der Waals surface area contributed by atoms with Crippen LogP contribution in [-0.2, 0) is 0 Å². The van der Waals surface area contributed by atoms with Gasteiger partial charge < -0.3 is 10.5 Å². The highest BCUT2D eigenvalue weighted by atomic mass is 35.5. The average molecular weight is 238 g/mol. The standard InChI is InChI=1S/C11H12ClN3O/c1-6-3-7(12)4-8(10(6)16-2)9-5-14-15-11(9)13/h3-5H,1-2H3,(H3,13,14,15). The first kappa shape index (κ1) is 10.8. The molecule has 84 valence electrons. The van der Waals surface area contributed by atoms with Gasteiger partial charge in [-0.05, 0) is 24.6 Å². The van der Waals surface area contributed by atoms with Gasteiger partial charge in [-0.2, -0.15) is 5.10 Å². The first-order valence-corrected chi connectivity index (χ1v) is 5.14. The lowest BCUT2D eigenvalue weighted by molar-refractivity contribution is 0.413. The van der Waals surface area contributed by atoms with E-state index in [1.165, 1.54) is 0 Å². The van der Waals surface area contributed by atoms with Crippen LogP contribution < -0.4 is 10.5 Å². The summed E-state index contributed by atoms with van der Waals surface area (Å²) >= 11 is 6.02. The molecule has 16 heavy (non-hydrogen) atoms. The van der Waals surface area contributed by atoms with Crippen molar-refractivity contribution in [3.8, 4) is 16.9 Å². The Morgan fingerprint density at radius 2 is 2.12 bits per heavy atom. The third kappa shape index (κ3) is 1.72. The van der Waals surface area contributed by atoms with Gasteiger partial charge in [-0.3, -0.25) is 5.10 Å². The maximum Gasteiger partial charge on any atom is 0.129 e. The van der Waals surface area contributed by atoms with E-state index in [1.807, 2.05) is 19.1 Å². The summed E-state index contributed by atoms with van der Waals surface area (Å²) in [4.78, 5) is 0. The van der Waals surface area contributed by atoms with Gasteiger partial charge in [0.25, 0.3) is 0 Å². The van der Waals surface area contributed by atoms with Crippen LogP contribution in [-0.4, -0.2) is 17.3 Å². The van der Waals surface area contributed by atoms with Crippen LogP contribution in [0.5, 0.6) is 5.75 Å². The summed E-state index contributed by atoms with van der Waals surface area (Å²) in [5.41, 5.74) is 8.38. The molecule has 0 bridgehead atoms. The van der Waals surface area contributed by atoms with Crippen LogP contribution in [0.2, 0.25) is 5.02 Å². The van der Waals surface area contributed by atoms with Gasteiger partial charge in [-0.25, -0.2) is 0 Å². The average Bonchev–Trinajstić information content (AvgIpc) is 2.63. The molecular weight excluding hydrogens is 226 g/mol. The number of nitrogens with two attached hydrogens (primary N) is 1. The molecule has 0 amide bonds. The van der Waals surface area contributed by atoms with Crippen LogP contribution in [0.1, 0.15) is 5.56 Å². The molecule has 0 radical (unpaired) electrons. The highest BCUT2D eigenvalue weighted by Gasteiger charge is 2.13. The summed E-state index contributed by atoms with van der Waals surface area (Å²) in [5, 5.41) is 7.22. The van der Waals surface area contributed by atoms with Crippen LogP contribution in [0.25, 0.3) is 11.1 Å². The lowest BCUT2D eigenvalue weighted by Gasteiger charge is -2.11. The number of H-pyrrole nitrogens is 1. The van der Waals surface area contributed by atoms with Crippen molar-refractivity contribution >= 4 is 17.4 Å². The van der Waals surface area contributed by atoms with Gasteiger partial charge >= 0.3 is 0 Å². The van der Waals surface area contributed by atoms with Crippen LogP contribution in [0, 0.1) is 6.92 Å². The SMILES string of the molecule is COc1c(C)cc(Cl)cc1-c1cn[nH]c1N. The number of aromatic amines is 1. The lowest BCUT2D eigenvalue weighted by Crippen LogP contribution is -1.93. The molecule has 5 heteroatoms. The lowest BCUT2D eigenvalue weighted by atomic mass is 10.0. The van der Waals surface area contributed by atoms with Crippen molar-refractivity contribution in [1.82, 2.24) is 10.2 Å². The van der Waals surface area contributed by atoms with Crippen molar-refractivity contribution < 1.29 is 4.74 Å². The Balaban J connectivity index is 2.68. The Hall–Kier alpha value is -1.68. The molecule has 1 aromatic heterocycles. The Bertz CT molecular complexity index is 522. The molecule has 2 rings (SSSR count). The number of nitrogen functional groups attached to an aromatic ring is 1. The number of rotatable bonds is 2. The predicted molar refractivity (Wildman–Crippen MR) is 64.7 cm³/mol. The fourth-order valence-electron chi connectivity index (χ4n) is 1.71. The van der Waals surface area contributed by atoms with Crippen molar-refractivity contribution in [3.05, 3.63) is 28.9 Å². The second kappa shape index (κ2) is 4.06. The van der Waals surface area contributed by atoms with Crippen molar-refractivity contribution in [1.29, 1.82) is 0 Å². The number of nitrogens with one attached hydrogen (secondary N) is 1. The van der Waals surface area contributed by atoms with Gasteiger partial charge in [-0.15, -0.1) is 0 Å². The maximum absolute atomic E-state index is 6.02. The van der Waals surface area contributed by atoms with E-state index in [0.717, 1.165) is 22.4 Å². The minimum atomic E-state index is 0.500. The molecule has 4 nitrogen and oxygen atoms in total. The molecule has 0 aliphatic rings. The largest absolute Gasteiger partial charge is 0.496 e. The molecule has 3 N–H and O–H groups in total. The third-order valence-corrected chi connectivity index (χ3v) is 2.62. The molecule has 0 saturated heterocycles. The molecule has 0 saturated carbocycles. The second-order valence-electron chi connectivity index (χ2n) is 3.50. The van der Waals surface area contributed by atoms with Crippen molar-refractivity contribution in [2.45, 2.75) is 6.92 Å². The second-order valence-corrected chi connectivity index (χ2v) is 3.94. The van der Waals surface area contributed by atoms with Crippen LogP contribution >= 0.6 is 11.6 Å². The number of aromatic nitrogens is 2. The number of halogens is 1. The minimum absolute atomic E-state index is 0.500. The molecular formula is C11H12ClN3O. The maximum atomic E-state index is 6.02. The third-order valence-electron chi connectivity index (χ3n) is 2.40. The summed E-state index contributed by atoms with van der Waals surface area (Å²) in [5.74, 6) is 1.26. The van der Waals surface area contributed by atoms with Gasteiger partial charge in [0, 0.05) is 16.1 Å². The number of hydrogen-bond acceptors (Lipinski definition) is 3. The van der Waals surface area contributed by atoms with E-state index in [4.69, 9.17) is 22.1 Å². The molecule has 0 fully saturated rings. The summed E-state index contributed by atoms with van der Waals surface area (Å²) in [7, 11) is 1.62. The quantitative estimate of drug-likeness (QED) is 0.844. The number of aryl methyl sites for hydroxylation is 1. The Labute approximate surface area is 98.4 Å². The normalized spacial score (nSPS) is 10.4. The minimum Gasteiger partial charge on any atom is -0.496 e. The molecule has 1 aromatic carbocycles. The topological polar surface area (TPSA) is 63.9 Å². The van der Waals surface area contributed by atoms with Gasteiger partial charge in [0.05, 0.1) is 13.3 Å². The van der Waals surface area contributed by atoms with E-state index in [1.54, 1.807) is 13.3 Å². The van der Waals surface area contributed by atoms with E-state index >= 15 is 0 Å². The highest BCUT2D eigenvalue weighted by molar-refractivity contribution is 6.31. The smallest absolute Gasteiger partial charge is 0.129 e. The van der Waals surface area contributed by atoms with Crippen LogP contribution in [0.15, 0.2) is 18.3 Å². The van der Waals surface area contributed by atoms with Crippen molar-refractivity contribution in [2.75, 3.05) is 12.8 Å². The fraction of sp³-hybridized carbons (Fsp3) is 0.182. The molecule has 2 aromatic rings. The monoisotopic (exact) mass is 237 g/mol. The van der Waals surface area contributed by atoms with Crippen LogP contribution in [0.4, 0.5) is 5.82 Å². The summed E-state index contributed by atoms with van der Waals surface area (Å²) in [6.07, 6.45) is 1.66. The van der Waals surface area contributed by atoms with Gasteiger partial charge in [0.2, 0.25) is 0 Å². The zero-order valence-electron chi connectivity index (χ0n) is 9.04. The molecule has 1 heterocycles. The summed E-state index contributed by atoms with van der Waals surface area (Å²) in [6.45, 7) is 1.94. The number of benzene rings is 1. The van der Waals surface area contributed by atoms with E-state index in [-0.39, 0.29) is 0 Å². The van der Waals surface area contributed by atoms with E-state index in [0.29, 0.717) is 10.8 Å². The van der Waals surface area contributed by atoms with E-state index in [9.17, 15) is 0 Å². The molecule has 0 unspecified atom stereocenters. The number of hydrogen-bond donors (Lipinski definition) is 2. The molecule has 0 spiro atoms. The highest BCUT2D eigenvalue weighted by Crippen LogP contribution is 2.37. The first-order valence-electron chi connectivity index (χ1n) is 4.77. The van der Waals surface area contributed by atoms with Gasteiger partial charge in [-0.1, -0.05) is 11.6 Å². The number of nitrogens with zero attached hydrogens (tertiary/aromatic N) is 1. The number of anilines is 1. The zero-order chi connectivity index (χ0) is 11.7. The number of ether oxygens (including phenoxy) is 1. The molecule has 0 aliphatic heterocycles. The molecule has 0 aliphatic carbocycles. The molecule has 0 atom stereocenters.